The minimum atomic E-state index is -0.267. The van der Waals surface area contributed by atoms with Gasteiger partial charge in [-0.15, -0.1) is 0 Å². The van der Waals surface area contributed by atoms with Crippen LogP contribution in [0.5, 0.6) is 0 Å². The second-order valence-electron chi connectivity index (χ2n) is 6.33. The van der Waals surface area contributed by atoms with Crippen molar-refractivity contribution in [3.63, 3.8) is 0 Å². The number of nitrogens with one attached hydrogen (secondary N) is 1. The fourth-order valence-corrected chi connectivity index (χ4v) is 3.06. The van der Waals surface area contributed by atoms with Crippen molar-refractivity contribution in [2.45, 2.75) is 57.9 Å². The number of amides is 1. The Morgan fingerprint density at radius 1 is 1.00 bits per heavy atom. The molecular formula is C19H25N3OS. The summed E-state index contributed by atoms with van der Waals surface area (Å²) in [5.41, 5.74) is 5.09. The van der Waals surface area contributed by atoms with E-state index in [2.05, 4.69) is 29.1 Å². The summed E-state index contributed by atoms with van der Waals surface area (Å²) in [6.07, 6.45) is 0. The second-order valence-corrected chi connectivity index (χ2v) is 7.64. The van der Waals surface area contributed by atoms with Gasteiger partial charge in [0.05, 0.1) is 5.25 Å². The van der Waals surface area contributed by atoms with Crippen LogP contribution in [0.15, 0.2) is 29.4 Å². The van der Waals surface area contributed by atoms with Crippen LogP contribution in [0.25, 0.3) is 0 Å². The lowest BCUT2D eigenvalue weighted by molar-refractivity contribution is -0.115. The van der Waals surface area contributed by atoms with Crippen molar-refractivity contribution in [3.05, 3.63) is 46.8 Å². The van der Waals surface area contributed by atoms with Crippen molar-refractivity contribution in [1.82, 2.24) is 9.97 Å². The maximum absolute atomic E-state index is 12.4. The largest absolute Gasteiger partial charge is 0.325 e. The molecule has 0 aliphatic carbocycles. The Kier molecular flexibility index (Phi) is 5.99. The van der Waals surface area contributed by atoms with Crippen molar-refractivity contribution in [1.29, 1.82) is 0 Å². The molecule has 2 rings (SSSR count). The summed E-state index contributed by atoms with van der Waals surface area (Å²) in [6.45, 7) is 12.1. The van der Waals surface area contributed by atoms with Crippen LogP contribution in [0.3, 0.4) is 0 Å². The van der Waals surface area contributed by atoms with Crippen LogP contribution in [0.4, 0.5) is 5.69 Å². The minimum absolute atomic E-state index is 0.0446. The summed E-state index contributed by atoms with van der Waals surface area (Å²) in [4.78, 5) is 21.3. The lowest BCUT2D eigenvalue weighted by Crippen LogP contribution is -2.22. The summed E-state index contributed by atoms with van der Waals surface area (Å²) in [6, 6.07) is 7.99. The first-order chi connectivity index (χ1) is 11.3. The molecule has 0 radical (unpaired) electrons. The van der Waals surface area contributed by atoms with Crippen LogP contribution in [-0.4, -0.2) is 21.1 Å². The van der Waals surface area contributed by atoms with Crippen LogP contribution in [0.1, 0.15) is 49.2 Å². The van der Waals surface area contributed by atoms with E-state index in [0.717, 1.165) is 22.6 Å². The van der Waals surface area contributed by atoms with E-state index in [-0.39, 0.29) is 11.2 Å². The van der Waals surface area contributed by atoms with Gasteiger partial charge in [0.25, 0.3) is 0 Å². The molecule has 0 aliphatic rings. The molecule has 4 nitrogen and oxygen atoms in total. The van der Waals surface area contributed by atoms with Gasteiger partial charge in [-0.05, 0) is 56.9 Å². The van der Waals surface area contributed by atoms with Gasteiger partial charge in [0.15, 0.2) is 5.16 Å². The third-order valence-corrected chi connectivity index (χ3v) is 5.07. The van der Waals surface area contributed by atoms with Gasteiger partial charge >= 0.3 is 0 Å². The molecule has 1 N–H and O–H groups in total. The van der Waals surface area contributed by atoms with E-state index >= 15 is 0 Å². The van der Waals surface area contributed by atoms with E-state index in [1.54, 1.807) is 0 Å². The third kappa shape index (κ3) is 4.57. The zero-order valence-corrected chi connectivity index (χ0v) is 16.0. The minimum Gasteiger partial charge on any atom is -0.325 e. The maximum Gasteiger partial charge on any atom is 0.237 e. The maximum atomic E-state index is 12.4. The zero-order valence-electron chi connectivity index (χ0n) is 15.2. The highest BCUT2D eigenvalue weighted by Gasteiger charge is 2.17. The number of nitrogens with zero attached hydrogens (tertiary/aromatic N) is 2. The summed E-state index contributed by atoms with van der Waals surface area (Å²) >= 11 is 1.38. The summed E-state index contributed by atoms with van der Waals surface area (Å²) < 4.78 is 0. The van der Waals surface area contributed by atoms with Crippen LogP contribution in [0.2, 0.25) is 0 Å². The molecule has 24 heavy (non-hydrogen) atoms. The average molecular weight is 343 g/mol. The number of aromatic nitrogens is 2. The second kappa shape index (κ2) is 7.79. The molecule has 1 amide bonds. The Balaban J connectivity index is 2.02. The fourth-order valence-electron chi connectivity index (χ4n) is 2.20. The summed E-state index contributed by atoms with van der Waals surface area (Å²) in [7, 11) is 0. The summed E-state index contributed by atoms with van der Waals surface area (Å²) in [5.74, 6) is 0.436. The molecule has 0 fully saturated rings. The molecule has 1 aromatic heterocycles. The average Bonchev–Trinajstić information content (AvgIpc) is 2.52. The normalized spacial score (nSPS) is 12.3. The molecule has 0 unspecified atom stereocenters. The van der Waals surface area contributed by atoms with Gasteiger partial charge in [0, 0.05) is 17.1 Å². The van der Waals surface area contributed by atoms with Gasteiger partial charge in [-0.25, -0.2) is 9.97 Å². The molecule has 1 heterocycles. The summed E-state index contributed by atoms with van der Waals surface area (Å²) in [5, 5.41) is 3.33. The van der Waals surface area contributed by atoms with E-state index in [1.807, 2.05) is 52.0 Å². The van der Waals surface area contributed by atoms with Gasteiger partial charge in [-0.2, -0.15) is 0 Å². The van der Waals surface area contributed by atoms with Crippen molar-refractivity contribution in [2.24, 2.45) is 0 Å². The highest BCUT2D eigenvalue weighted by molar-refractivity contribution is 8.00. The molecule has 0 bridgehead atoms. The molecule has 5 heteroatoms. The Bertz CT molecular complexity index is 703. The number of benzene rings is 1. The highest BCUT2D eigenvalue weighted by atomic mass is 32.2. The Hall–Kier alpha value is -1.88. The zero-order chi connectivity index (χ0) is 17.9. The molecule has 0 saturated heterocycles. The SMILES string of the molecule is Cc1nc(S[C@@H](C)C(=O)Nc2ccc(C(C)C)cc2)nc(C)c1C. The Morgan fingerprint density at radius 3 is 2.04 bits per heavy atom. The first-order valence-electron chi connectivity index (χ1n) is 8.17. The number of carbonyl (C=O) groups excluding carboxylic acids is 1. The van der Waals surface area contributed by atoms with E-state index < -0.39 is 0 Å². The molecule has 0 aliphatic heterocycles. The van der Waals surface area contributed by atoms with Gasteiger partial charge in [0.2, 0.25) is 5.91 Å². The third-order valence-electron chi connectivity index (χ3n) is 4.11. The van der Waals surface area contributed by atoms with Crippen molar-refractivity contribution in [2.75, 3.05) is 5.32 Å². The van der Waals surface area contributed by atoms with Crippen LogP contribution >= 0.6 is 11.8 Å². The smallest absolute Gasteiger partial charge is 0.237 e. The molecular weight excluding hydrogens is 318 g/mol. The number of anilines is 1. The van der Waals surface area contributed by atoms with E-state index in [0.29, 0.717) is 11.1 Å². The Morgan fingerprint density at radius 2 is 1.54 bits per heavy atom. The Labute approximate surface area is 148 Å². The first kappa shape index (κ1) is 18.5. The molecule has 0 saturated carbocycles. The molecule has 0 spiro atoms. The number of carbonyl (C=O) groups is 1. The van der Waals surface area contributed by atoms with E-state index in [1.165, 1.54) is 17.3 Å². The van der Waals surface area contributed by atoms with Crippen molar-refractivity contribution in [3.8, 4) is 0 Å². The van der Waals surface area contributed by atoms with Crippen LogP contribution in [-0.2, 0) is 4.79 Å². The quantitative estimate of drug-likeness (QED) is 0.634. The van der Waals surface area contributed by atoms with E-state index in [9.17, 15) is 4.79 Å². The predicted molar refractivity (Wildman–Crippen MR) is 101 cm³/mol. The predicted octanol–water partition coefficient (Wildman–Crippen LogP) is 4.64. The molecule has 2 aromatic rings. The van der Waals surface area contributed by atoms with Gasteiger partial charge in [0.1, 0.15) is 0 Å². The fraction of sp³-hybridized carbons (Fsp3) is 0.421. The topological polar surface area (TPSA) is 54.9 Å². The van der Waals surface area contributed by atoms with Crippen molar-refractivity contribution < 1.29 is 4.79 Å². The van der Waals surface area contributed by atoms with Gasteiger partial charge < -0.3 is 5.32 Å². The highest BCUT2D eigenvalue weighted by Crippen LogP contribution is 2.23. The lowest BCUT2D eigenvalue weighted by atomic mass is 10.0. The van der Waals surface area contributed by atoms with Crippen LogP contribution in [0, 0.1) is 20.8 Å². The number of thioether (sulfide) groups is 1. The monoisotopic (exact) mass is 343 g/mol. The first-order valence-corrected chi connectivity index (χ1v) is 9.05. The molecule has 128 valence electrons. The number of hydrogen-bond acceptors (Lipinski definition) is 4. The standard InChI is InChI=1S/C19H25N3OS/c1-11(2)16-7-9-17(10-8-16)22-18(23)15(6)24-19-20-13(4)12(3)14(5)21-19/h7-11,15H,1-6H3,(H,22,23)/t15-/m0/s1. The van der Waals surface area contributed by atoms with Gasteiger partial charge in [-0.1, -0.05) is 37.7 Å². The number of aryl methyl sites for hydroxylation is 2. The lowest BCUT2D eigenvalue weighted by Gasteiger charge is -2.13. The number of hydrogen-bond donors (Lipinski definition) is 1. The molecule has 1 aromatic carbocycles. The van der Waals surface area contributed by atoms with Gasteiger partial charge in [-0.3, -0.25) is 4.79 Å². The van der Waals surface area contributed by atoms with Crippen LogP contribution < -0.4 is 5.32 Å². The molecule has 1 atom stereocenters. The van der Waals surface area contributed by atoms with E-state index in [4.69, 9.17) is 0 Å². The number of rotatable bonds is 5. The van der Waals surface area contributed by atoms with Crippen molar-refractivity contribution >= 4 is 23.4 Å².